The molecule has 0 aromatic heterocycles. The van der Waals surface area contributed by atoms with Crippen LogP contribution in [0.5, 0.6) is 0 Å². The highest BCUT2D eigenvalue weighted by Gasteiger charge is 2.08. The first-order chi connectivity index (χ1) is 6.65. The molecule has 74 valence electrons. The van der Waals surface area contributed by atoms with E-state index in [9.17, 15) is 0 Å². The second kappa shape index (κ2) is 5.29. The monoisotopic (exact) mass is 226 g/mol. The Balaban J connectivity index is 2.88. The molecule has 0 fully saturated rings. The van der Waals surface area contributed by atoms with Gasteiger partial charge in [-0.05, 0) is 30.5 Å². The predicted octanol–water partition coefficient (Wildman–Crippen LogP) is 4.51. The predicted molar refractivity (Wildman–Crippen MR) is 62.9 cm³/mol. The first-order valence-corrected chi connectivity index (χ1v) is 5.25. The Hall–Kier alpha value is -0.640. The van der Waals surface area contributed by atoms with Crippen LogP contribution in [0.25, 0.3) is 0 Å². The van der Waals surface area contributed by atoms with Crippen molar-refractivity contribution in [3.8, 4) is 11.8 Å². The minimum Gasteiger partial charge on any atom is -0.107 e. The standard InChI is InChI=1S/C12H12Cl2/c1-3-4-5-9(2)11-7-6-10(13)8-12(11)14/h6-9H,5H2,1-2H3. The fraction of sp³-hybridized carbons (Fsp3) is 0.333. The third-order valence-corrected chi connectivity index (χ3v) is 2.64. The van der Waals surface area contributed by atoms with E-state index in [0.29, 0.717) is 10.9 Å². The van der Waals surface area contributed by atoms with E-state index < -0.39 is 0 Å². The van der Waals surface area contributed by atoms with Crippen LogP contribution in [-0.4, -0.2) is 0 Å². The topological polar surface area (TPSA) is 0 Å². The molecular formula is C12H12Cl2. The molecule has 0 N–H and O–H groups in total. The van der Waals surface area contributed by atoms with Crippen molar-refractivity contribution in [2.24, 2.45) is 0 Å². The van der Waals surface area contributed by atoms with Crippen LogP contribution in [-0.2, 0) is 0 Å². The molecule has 0 amide bonds. The molecule has 2 heteroatoms. The summed E-state index contributed by atoms with van der Waals surface area (Å²) < 4.78 is 0. The van der Waals surface area contributed by atoms with Crippen LogP contribution >= 0.6 is 23.2 Å². The van der Waals surface area contributed by atoms with Crippen molar-refractivity contribution >= 4 is 23.2 Å². The zero-order chi connectivity index (χ0) is 10.6. The number of hydrogen-bond acceptors (Lipinski definition) is 0. The van der Waals surface area contributed by atoms with Gasteiger partial charge >= 0.3 is 0 Å². The van der Waals surface area contributed by atoms with Gasteiger partial charge in [-0.1, -0.05) is 36.2 Å². The summed E-state index contributed by atoms with van der Waals surface area (Å²) in [6.07, 6.45) is 0.831. The fourth-order valence-electron chi connectivity index (χ4n) is 1.27. The van der Waals surface area contributed by atoms with Gasteiger partial charge in [-0.3, -0.25) is 0 Å². The van der Waals surface area contributed by atoms with Gasteiger partial charge in [0.25, 0.3) is 0 Å². The molecule has 0 saturated carbocycles. The maximum absolute atomic E-state index is 6.07. The highest BCUT2D eigenvalue weighted by Crippen LogP contribution is 2.28. The summed E-state index contributed by atoms with van der Waals surface area (Å²) in [6.45, 7) is 3.95. The van der Waals surface area contributed by atoms with E-state index in [1.165, 1.54) is 0 Å². The molecule has 0 radical (unpaired) electrons. The maximum atomic E-state index is 6.07. The molecule has 0 spiro atoms. The average Bonchev–Trinajstić information content (AvgIpc) is 2.14. The van der Waals surface area contributed by atoms with Crippen LogP contribution in [0.2, 0.25) is 10.0 Å². The van der Waals surface area contributed by atoms with E-state index in [2.05, 4.69) is 18.8 Å². The van der Waals surface area contributed by atoms with Crippen molar-refractivity contribution in [1.82, 2.24) is 0 Å². The number of benzene rings is 1. The summed E-state index contributed by atoms with van der Waals surface area (Å²) in [5.74, 6) is 6.28. The largest absolute Gasteiger partial charge is 0.107 e. The minimum atomic E-state index is 0.354. The quantitative estimate of drug-likeness (QED) is 0.652. The molecule has 14 heavy (non-hydrogen) atoms. The van der Waals surface area contributed by atoms with Crippen LogP contribution in [0, 0.1) is 11.8 Å². The molecule has 0 heterocycles. The summed E-state index contributed by atoms with van der Waals surface area (Å²) in [7, 11) is 0. The second-order valence-electron chi connectivity index (χ2n) is 3.20. The van der Waals surface area contributed by atoms with Crippen LogP contribution in [0.15, 0.2) is 18.2 Å². The Morgan fingerprint density at radius 3 is 2.64 bits per heavy atom. The molecule has 0 aliphatic heterocycles. The molecule has 0 aliphatic rings. The van der Waals surface area contributed by atoms with Crippen molar-refractivity contribution in [3.63, 3.8) is 0 Å². The molecule has 0 nitrogen and oxygen atoms in total. The first-order valence-electron chi connectivity index (χ1n) is 4.49. The summed E-state index contributed by atoms with van der Waals surface area (Å²) in [5, 5.41) is 1.40. The molecule has 0 aliphatic carbocycles. The van der Waals surface area contributed by atoms with Crippen molar-refractivity contribution in [2.45, 2.75) is 26.2 Å². The molecule has 0 saturated heterocycles. The van der Waals surface area contributed by atoms with Crippen molar-refractivity contribution < 1.29 is 0 Å². The Morgan fingerprint density at radius 1 is 1.36 bits per heavy atom. The summed E-state index contributed by atoms with van der Waals surface area (Å²) in [6, 6.07) is 5.60. The highest BCUT2D eigenvalue weighted by molar-refractivity contribution is 6.35. The average molecular weight is 227 g/mol. The molecule has 1 aromatic carbocycles. The summed E-state index contributed by atoms with van der Waals surface area (Å²) >= 11 is 11.9. The van der Waals surface area contributed by atoms with Crippen molar-refractivity contribution in [1.29, 1.82) is 0 Å². The van der Waals surface area contributed by atoms with E-state index >= 15 is 0 Å². The van der Waals surface area contributed by atoms with Gasteiger partial charge in [-0.25, -0.2) is 0 Å². The van der Waals surface area contributed by atoms with E-state index in [1.807, 2.05) is 19.1 Å². The Labute approximate surface area is 95.2 Å². The molecule has 1 rings (SSSR count). The van der Waals surface area contributed by atoms with Gasteiger partial charge in [-0.15, -0.1) is 11.8 Å². The normalized spacial score (nSPS) is 11.7. The number of hydrogen-bond donors (Lipinski definition) is 0. The second-order valence-corrected chi connectivity index (χ2v) is 4.04. The van der Waals surface area contributed by atoms with Gasteiger partial charge in [-0.2, -0.15) is 0 Å². The third-order valence-electron chi connectivity index (χ3n) is 2.08. The number of rotatable bonds is 2. The smallest absolute Gasteiger partial charge is 0.0455 e. The van der Waals surface area contributed by atoms with E-state index in [1.54, 1.807) is 6.07 Å². The van der Waals surface area contributed by atoms with Gasteiger partial charge in [0, 0.05) is 16.5 Å². The van der Waals surface area contributed by atoms with E-state index in [-0.39, 0.29) is 0 Å². The van der Waals surface area contributed by atoms with Gasteiger partial charge in [0.15, 0.2) is 0 Å². The van der Waals surface area contributed by atoms with Crippen LogP contribution in [0.1, 0.15) is 31.7 Å². The lowest BCUT2D eigenvalue weighted by molar-refractivity contribution is 0.796. The molecule has 1 atom stereocenters. The lowest BCUT2D eigenvalue weighted by Crippen LogP contribution is -1.93. The van der Waals surface area contributed by atoms with E-state index in [0.717, 1.165) is 17.0 Å². The van der Waals surface area contributed by atoms with Gasteiger partial charge in [0.2, 0.25) is 0 Å². The zero-order valence-electron chi connectivity index (χ0n) is 8.27. The third kappa shape index (κ3) is 2.94. The maximum Gasteiger partial charge on any atom is 0.0455 e. The van der Waals surface area contributed by atoms with Crippen LogP contribution in [0.4, 0.5) is 0 Å². The lowest BCUT2D eigenvalue weighted by Gasteiger charge is -2.10. The van der Waals surface area contributed by atoms with E-state index in [4.69, 9.17) is 23.2 Å². The Morgan fingerprint density at radius 2 is 2.07 bits per heavy atom. The van der Waals surface area contributed by atoms with Crippen LogP contribution in [0.3, 0.4) is 0 Å². The fourth-order valence-corrected chi connectivity index (χ4v) is 1.86. The lowest BCUT2D eigenvalue weighted by atomic mass is 9.98. The van der Waals surface area contributed by atoms with Crippen molar-refractivity contribution in [3.05, 3.63) is 33.8 Å². The summed E-state index contributed by atoms with van der Waals surface area (Å²) in [5.41, 5.74) is 1.11. The Bertz CT molecular complexity index is 372. The minimum absolute atomic E-state index is 0.354. The van der Waals surface area contributed by atoms with Gasteiger partial charge in [0.05, 0.1) is 0 Å². The molecule has 0 bridgehead atoms. The number of halogens is 2. The molecular weight excluding hydrogens is 215 g/mol. The molecule has 1 unspecified atom stereocenters. The van der Waals surface area contributed by atoms with Crippen LogP contribution < -0.4 is 0 Å². The molecule has 1 aromatic rings. The van der Waals surface area contributed by atoms with Gasteiger partial charge in [0.1, 0.15) is 0 Å². The Kier molecular flexibility index (Phi) is 4.32. The first kappa shape index (κ1) is 11.4. The van der Waals surface area contributed by atoms with Gasteiger partial charge < -0.3 is 0 Å². The highest BCUT2D eigenvalue weighted by atomic mass is 35.5. The zero-order valence-corrected chi connectivity index (χ0v) is 9.78. The SMILES string of the molecule is CC#CCC(C)c1ccc(Cl)cc1Cl. The van der Waals surface area contributed by atoms with Crippen molar-refractivity contribution in [2.75, 3.05) is 0 Å². The summed E-state index contributed by atoms with van der Waals surface area (Å²) in [4.78, 5) is 0.